The molecule has 0 saturated carbocycles. The van der Waals surface area contributed by atoms with Crippen molar-refractivity contribution in [3.05, 3.63) is 63.9 Å². The van der Waals surface area contributed by atoms with Gasteiger partial charge in [0.2, 0.25) is 5.71 Å². The minimum Gasteiger partial charge on any atom is -0.465 e. The van der Waals surface area contributed by atoms with E-state index in [1.54, 1.807) is 19.1 Å². The summed E-state index contributed by atoms with van der Waals surface area (Å²) in [6, 6.07) is 12.3. The van der Waals surface area contributed by atoms with Crippen molar-refractivity contribution in [1.82, 2.24) is 4.90 Å². The van der Waals surface area contributed by atoms with E-state index in [0.29, 0.717) is 27.3 Å². The SMILES string of the molecule is CCN(C(=O)O)C(=O)/C(C#N)=N/Nc1cc(C)c(C(C#N)c2ccc(F)cc2)c(Cl)c1. The first kappa shape index (κ1) is 23.3. The average molecular weight is 442 g/mol. The molecule has 8 nitrogen and oxygen atoms in total. The number of hydrazone groups is 1. The highest BCUT2D eigenvalue weighted by molar-refractivity contribution is 6.46. The van der Waals surface area contributed by atoms with Crippen molar-refractivity contribution in [2.75, 3.05) is 12.0 Å². The minimum atomic E-state index is -1.50. The van der Waals surface area contributed by atoms with Gasteiger partial charge in [0.05, 0.1) is 17.7 Å². The normalized spacial score (nSPS) is 11.7. The van der Waals surface area contributed by atoms with E-state index in [0.717, 1.165) is 0 Å². The summed E-state index contributed by atoms with van der Waals surface area (Å²) in [6.45, 7) is 3.01. The van der Waals surface area contributed by atoms with E-state index in [4.69, 9.17) is 22.0 Å². The Kier molecular flexibility index (Phi) is 7.67. The van der Waals surface area contributed by atoms with Gasteiger partial charge in [-0.05, 0) is 54.8 Å². The molecule has 2 rings (SSSR count). The Morgan fingerprint density at radius 3 is 2.42 bits per heavy atom. The highest BCUT2D eigenvalue weighted by atomic mass is 35.5. The fourth-order valence-electron chi connectivity index (χ4n) is 2.88. The van der Waals surface area contributed by atoms with E-state index in [-0.39, 0.29) is 11.6 Å². The lowest BCUT2D eigenvalue weighted by Gasteiger charge is -2.17. The third-order valence-corrected chi connectivity index (χ3v) is 4.67. The lowest BCUT2D eigenvalue weighted by Crippen LogP contribution is -2.40. The van der Waals surface area contributed by atoms with Crippen LogP contribution in [0.5, 0.6) is 0 Å². The number of hydrogen-bond acceptors (Lipinski definition) is 6. The standard InChI is InChI=1S/C21H17ClFN5O3/c1-3-28(21(30)31)20(29)18(11-25)27-26-15-8-12(2)19(17(22)9-15)16(10-24)13-4-6-14(23)7-5-13/h4-9,16,26H,3H2,1-2H3,(H,30,31)/b27-18+. The Balaban J connectivity index is 2.35. The number of carboxylic acid groups (broad SMARTS) is 1. The number of nitriles is 2. The molecule has 1 unspecified atom stereocenters. The number of aryl methyl sites for hydroxylation is 1. The minimum absolute atomic E-state index is 0.145. The molecule has 0 aromatic heterocycles. The number of carbonyl (C=O) groups is 2. The predicted molar refractivity (Wildman–Crippen MR) is 112 cm³/mol. The number of rotatable bonds is 6. The number of anilines is 1. The molecule has 0 spiro atoms. The monoisotopic (exact) mass is 441 g/mol. The van der Waals surface area contributed by atoms with Crippen LogP contribution in [0.25, 0.3) is 0 Å². The lowest BCUT2D eigenvalue weighted by atomic mass is 9.89. The molecule has 10 heteroatoms. The van der Waals surface area contributed by atoms with Gasteiger partial charge < -0.3 is 5.11 Å². The second kappa shape index (κ2) is 10.2. The smallest absolute Gasteiger partial charge is 0.414 e. The maximum absolute atomic E-state index is 13.2. The number of carbonyl (C=O) groups excluding carboxylic acids is 1. The van der Waals surface area contributed by atoms with Crippen LogP contribution < -0.4 is 5.43 Å². The molecule has 2 aromatic carbocycles. The highest BCUT2D eigenvalue weighted by Crippen LogP contribution is 2.35. The van der Waals surface area contributed by atoms with Gasteiger partial charge in [0.1, 0.15) is 11.9 Å². The Morgan fingerprint density at radius 2 is 1.94 bits per heavy atom. The zero-order valence-corrected chi connectivity index (χ0v) is 17.3. The zero-order chi connectivity index (χ0) is 23.1. The van der Waals surface area contributed by atoms with Crippen LogP contribution in [0.1, 0.15) is 29.5 Å². The van der Waals surface area contributed by atoms with Crippen LogP contribution in [-0.4, -0.2) is 34.3 Å². The number of amides is 2. The quantitative estimate of drug-likeness (QED) is 0.508. The van der Waals surface area contributed by atoms with Crippen LogP contribution in [0.4, 0.5) is 14.9 Å². The highest BCUT2D eigenvalue weighted by Gasteiger charge is 2.24. The zero-order valence-electron chi connectivity index (χ0n) is 16.6. The lowest BCUT2D eigenvalue weighted by molar-refractivity contribution is -0.121. The topological polar surface area (TPSA) is 130 Å². The number of nitrogens with one attached hydrogen (secondary N) is 1. The van der Waals surface area contributed by atoms with Gasteiger partial charge in [-0.1, -0.05) is 23.7 Å². The Labute approximate surface area is 182 Å². The molecule has 0 aliphatic rings. The van der Waals surface area contributed by atoms with E-state index in [9.17, 15) is 19.2 Å². The molecular weight excluding hydrogens is 425 g/mol. The summed E-state index contributed by atoms with van der Waals surface area (Å²) in [5.41, 5.74) is 3.89. The molecule has 0 saturated heterocycles. The maximum atomic E-state index is 13.2. The van der Waals surface area contributed by atoms with Gasteiger partial charge >= 0.3 is 6.09 Å². The molecule has 0 radical (unpaired) electrons. The molecular formula is C21H17ClFN5O3. The molecule has 31 heavy (non-hydrogen) atoms. The number of benzene rings is 2. The Morgan fingerprint density at radius 1 is 1.29 bits per heavy atom. The van der Waals surface area contributed by atoms with E-state index < -0.39 is 29.4 Å². The largest absolute Gasteiger partial charge is 0.465 e. The van der Waals surface area contributed by atoms with Crippen molar-refractivity contribution in [1.29, 1.82) is 10.5 Å². The Hall–Kier alpha value is -3.95. The maximum Gasteiger partial charge on any atom is 0.414 e. The van der Waals surface area contributed by atoms with Crippen molar-refractivity contribution in [2.24, 2.45) is 5.10 Å². The average Bonchev–Trinajstić information content (AvgIpc) is 2.72. The van der Waals surface area contributed by atoms with Gasteiger partial charge in [0.25, 0.3) is 5.91 Å². The molecule has 0 fully saturated rings. The molecule has 2 N–H and O–H groups in total. The second-order valence-corrected chi connectivity index (χ2v) is 6.73. The summed E-state index contributed by atoms with van der Waals surface area (Å²) < 4.78 is 13.2. The van der Waals surface area contributed by atoms with Crippen molar-refractivity contribution < 1.29 is 19.1 Å². The first-order valence-electron chi connectivity index (χ1n) is 8.97. The number of hydrogen-bond donors (Lipinski definition) is 2. The van der Waals surface area contributed by atoms with E-state index in [1.807, 2.05) is 0 Å². The van der Waals surface area contributed by atoms with Crippen molar-refractivity contribution >= 4 is 35.0 Å². The van der Waals surface area contributed by atoms with Gasteiger partial charge in [-0.25, -0.2) is 14.1 Å². The summed E-state index contributed by atoms with van der Waals surface area (Å²) in [7, 11) is 0. The molecule has 0 aliphatic carbocycles. The van der Waals surface area contributed by atoms with Crippen LogP contribution in [0.15, 0.2) is 41.5 Å². The van der Waals surface area contributed by atoms with Gasteiger partial charge in [0.15, 0.2) is 0 Å². The summed E-state index contributed by atoms with van der Waals surface area (Å²) in [5, 5.41) is 31.7. The van der Waals surface area contributed by atoms with E-state index in [2.05, 4.69) is 16.6 Å². The summed E-state index contributed by atoms with van der Waals surface area (Å²) in [4.78, 5) is 23.7. The molecule has 1 atom stereocenters. The van der Waals surface area contributed by atoms with Gasteiger partial charge in [-0.2, -0.15) is 15.6 Å². The second-order valence-electron chi connectivity index (χ2n) is 6.32. The third-order valence-electron chi connectivity index (χ3n) is 4.36. The summed E-state index contributed by atoms with van der Waals surface area (Å²) in [6.07, 6.45) is -1.50. The van der Waals surface area contributed by atoms with Crippen molar-refractivity contribution in [3.63, 3.8) is 0 Å². The van der Waals surface area contributed by atoms with Crippen molar-refractivity contribution in [3.8, 4) is 12.1 Å². The molecule has 158 valence electrons. The number of nitrogens with zero attached hydrogens (tertiary/aromatic N) is 4. The predicted octanol–water partition coefficient (Wildman–Crippen LogP) is 4.26. The van der Waals surface area contributed by atoms with Gasteiger partial charge in [-0.3, -0.25) is 10.2 Å². The summed E-state index contributed by atoms with van der Waals surface area (Å²) in [5.74, 6) is -2.23. The third kappa shape index (κ3) is 5.35. The van der Waals surface area contributed by atoms with Gasteiger partial charge in [-0.15, -0.1) is 0 Å². The summed E-state index contributed by atoms with van der Waals surface area (Å²) >= 11 is 6.38. The molecule has 0 aliphatic heterocycles. The number of halogens is 2. The first-order chi connectivity index (χ1) is 14.7. The van der Waals surface area contributed by atoms with Crippen LogP contribution in [-0.2, 0) is 4.79 Å². The fraction of sp³-hybridized carbons (Fsp3) is 0.190. The van der Waals surface area contributed by atoms with Crippen LogP contribution in [0, 0.1) is 35.4 Å². The Bertz CT molecular complexity index is 1100. The first-order valence-corrected chi connectivity index (χ1v) is 9.34. The molecule has 0 bridgehead atoms. The van der Waals surface area contributed by atoms with E-state index in [1.165, 1.54) is 37.3 Å². The fourth-order valence-corrected chi connectivity index (χ4v) is 3.26. The molecule has 2 aromatic rings. The van der Waals surface area contributed by atoms with Crippen LogP contribution in [0.3, 0.4) is 0 Å². The van der Waals surface area contributed by atoms with Crippen LogP contribution in [0.2, 0.25) is 5.02 Å². The molecule has 0 heterocycles. The van der Waals surface area contributed by atoms with Crippen LogP contribution >= 0.6 is 11.6 Å². The van der Waals surface area contributed by atoms with Crippen molar-refractivity contribution in [2.45, 2.75) is 19.8 Å². The number of imide groups is 1. The van der Waals surface area contributed by atoms with E-state index >= 15 is 0 Å². The molecule has 2 amide bonds. The van der Waals surface area contributed by atoms with Gasteiger partial charge in [0, 0.05) is 11.6 Å².